The van der Waals surface area contributed by atoms with Crippen molar-refractivity contribution in [1.29, 1.82) is 0 Å². The molecule has 0 bridgehead atoms. The van der Waals surface area contributed by atoms with Crippen molar-refractivity contribution in [2.45, 2.75) is 135 Å². The second-order valence-electron chi connectivity index (χ2n) is 27.5. The van der Waals surface area contributed by atoms with Crippen molar-refractivity contribution in [3.8, 4) is 0 Å². The molecule has 1 aromatic rings. The van der Waals surface area contributed by atoms with Crippen LogP contribution >= 0.6 is 0 Å². The van der Waals surface area contributed by atoms with E-state index in [0.29, 0.717) is 38.5 Å². The number of benzene rings is 1. The number of hydrogen-bond donors (Lipinski definition) is 6. The Hall–Kier alpha value is -8.52. The standard InChI is InChI=1S/C65H97N9O27/c1-36(4-11-51(79)80)42-5-6-43-60-44(27-48(76)65(42,43)3)64(2)13-12-39(24-38(64)25-47(60)75)68-61(97)37-22-40(66-49(77)9-7-45(62(98)99)73(18-14-69(28-52(81)82)29-53(83)84)19-15-70(30-54(85)86)31-55(87)88)26-41(23-37)67-50(78)10-8-46(63(100)101)74(20-16-71(32-56(89)90)33-57(91)92)21-17-72(34-58(93)94)35-59(95)96/h22-23,26,36,38-39,42-48,60,75-76H,4-21,24-25,27-35H2,1-3H3,(H,66,77)(H,67,78)(H,68,97)(H,79,80)(H,81,82)(H,83,84)(H,85,86)(H,87,88)(H,89,90)(H,91,92)(H,93,94)(H,95,96)(H,98,99)(H,100,101)/p-10/t36?,38-,39+,42+,43?,44?,45-,46-,47+,48?,60?,64-,65+/m0/s1. The molecule has 4 aliphatic rings. The van der Waals surface area contributed by atoms with Crippen molar-refractivity contribution in [1.82, 2.24) is 34.7 Å². The van der Waals surface area contributed by atoms with Gasteiger partial charge >= 0.3 is 5.97 Å². The molecule has 4 aliphatic carbocycles. The van der Waals surface area contributed by atoms with Gasteiger partial charge < -0.3 is 130 Å². The molecule has 3 amide bonds. The second kappa shape index (κ2) is 37.9. The largest absolute Gasteiger partial charge is 0.550 e. The molecule has 0 saturated heterocycles. The molecule has 4 saturated carbocycles. The molecule has 13 atom stereocenters. The van der Waals surface area contributed by atoms with Crippen molar-refractivity contribution in [2.24, 2.45) is 46.3 Å². The summed E-state index contributed by atoms with van der Waals surface area (Å²) in [7, 11) is 0. The molecule has 5 unspecified atom stereocenters. The number of aliphatic hydroxyl groups excluding tert-OH is 2. The van der Waals surface area contributed by atoms with Crippen LogP contribution in [-0.2, 0) is 62.3 Å². The van der Waals surface area contributed by atoms with Crippen LogP contribution in [0.2, 0.25) is 0 Å². The van der Waals surface area contributed by atoms with E-state index in [2.05, 4.69) is 22.9 Å². The molecule has 5 rings (SSSR count). The molecule has 4 fully saturated rings. The number of fused-ring (bicyclic) bond motifs is 5. The Bertz CT molecular complexity index is 2890. The monoisotopic (exact) mass is 1430 g/mol. The van der Waals surface area contributed by atoms with Crippen molar-refractivity contribution in [3.63, 3.8) is 0 Å². The number of nitrogens with one attached hydrogen (secondary N) is 3. The lowest BCUT2D eigenvalue weighted by Gasteiger charge is -2.63. The Kier molecular flexibility index (Phi) is 31.2. The number of amides is 3. The number of aliphatic carboxylic acids is 11. The van der Waals surface area contributed by atoms with E-state index in [0.717, 1.165) is 48.3 Å². The first-order chi connectivity index (χ1) is 47.3. The number of aliphatic hydroxyl groups is 2. The first-order valence-corrected chi connectivity index (χ1v) is 33.3. The van der Waals surface area contributed by atoms with Gasteiger partial charge in [0.2, 0.25) is 11.8 Å². The lowest BCUT2D eigenvalue weighted by molar-refractivity contribution is -0.314. The van der Waals surface area contributed by atoms with Crippen LogP contribution in [0, 0.1) is 46.3 Å². The molecule has 0 aliphatic heterocycles. The Morgan fingerprint density at radius 3 is 1.28 bits per heavy atom. The number of nitrogens with zero attached hydrogens (tertiary/aromatic N) is 6. The molecule has 0 spiro atoms. The number of anilines is 2. The average Bonchev–Trinajstić information content (AvgIpc) is 1.69. The fraction of sp³-hybridized carbons (Fsp3) is 0.692. The number of carboxylic acid groups (broad SMARTS) is 11. The summed E-state index contributed by atoms with van der Waals surface area (Å²) in [6.45, 7) is -5.73. The van der Waals surface area contributed by atoms with Gasteiger partial charge in [-0.25, -0.2) is 0 Å². The van der Waals surface area contributed by atoms with Gasteiger partial charge in [-0.1, -0.05) is 20.8 Å². The van der Waals surface area contributed by atoms with Gasteiger partial charge in [-0.05, 0) is 135 Å². The average molecular weight is 1430 g/mol. The predicted octanol–water partition coefficient (Wildman–Crippen LogP) is -13.6. The van der Waals surface area contributed by atoms with Crippen LogP contribution in [0.4, 0.5) is 11.4 Å². The molecule has 1 aromatic carbocycles. The molecule has 6 N–H and O–H groups in total. The summed E-state index contributed by atoms with van der Waals surface area (Å²) >= 11 is 0. The minimum absolute atomic E-state index is 0.00424. The smallest absolute Gasteiger partial charge is 0.317 e. The highest BCUT2D eigenvalue weighted by atomic mass is 16.4. The van der Waals surface area contributed by atoms with E-state index in [4.69, 9.17) is 0 Å². The van der Waals surface area contributed by atoms with E-state index in [1.807, 2.05) is 13.8 Å². The van der Waals surface area contributed by atoms with Gasteiger partial charge in [0.1, 0.15) is 0 Å². The minimum atomic E-state index is -1.86. The topological polar surface area (TPSA) is 586 Å². The number of hydrogen-bond acceptors (Lipinski definition) is 32. The fourth-order valence-corrected chi connectivity index (χ4v) is 16.1. The zero-order valence-electron chi connectivity index (χ0n) is 56.4. The maximum absolute atomic E-state index is 14.6. The third-order valence-corrected chi connectivity index (χ3v) is 20.8. The van der Waals surface area contributed by atoms with Crippen LogP contribution in [-0.4, -0.2) is 263 Å². The van der Waals surface area contributed by atoms with Gasteiger partial charge in [0.15, 0.2) is 0 Å². The maximum atomic E-state index is 14.6. The van der Waals surface area contributed by atoms with Crippen LogP contribution in [0.1, 0.15) is 115 Å². The molecule has 36 heteroatoms. The molecule has 0 aromatic heterocycles. The lowest BCUT2D eigenvalue weighted by atomic mass is 9.43. The number of carbonyl (C=O) groups is 14. The summed E-state index contributed by atoms with van der Waals surface area (Å²) in [5.41, 5.74) is -1.64. The van der Waals surface area contributed by atoms with E-state index in [9.17, 15) is 134 Å². The minimum Gasteiger partial charge on any atom is -0.550 e. The summed E-state index contributed by atoms with van der Waals surface area (Å²) in [6.07, 6.45) is -0.465. The highest BCUT2D eigenvalue weighted by Crippen LogP contribution is 2.68. The summed E-state index contributed by atoms with van der Waals surface area (Å²) < 4.78 is 0. The van der Waals surface area contributed by atoms with Gasteiger partial charge in [-0.3, -0.25) is 48.6 Å². The molecular formula is C65H87N9O27-10. The van der Waals surface area contributed by atoms with E-state index in [1.165, 1.54) is 12.1 Å². The highest BCUT2D eigenvalue weighted by Gasteiger charge is 2.66. The Morgan fingerprint density at radius 2 is 0.901 bits per heavy atom. The van der Waals surface area contributed by atoms with Crippen LogP contribution in [0.5, 0.6) is 0 Å². The van der Waals surface area contributed by atoms with E-state index < -0.39 is 255 Å². The van der Waals surface area contributed by atoms with Crippen LogP contribution < -0.4 is 67.0 Å². The molecule has 564 valence electrons. The van der Waals surface area contributed by atoms with Crippen molar-refractivity contribution in [3.05, 3.63) is 23.8 Å². The molecule has 0 radical (unpaired) electrons. The quantitative estimate of drug-likeness (QED) is 0.0353. The van der Waals surface area contributed by atoms with E-state index >= 15 is 0 Å². The lowest BCUT2D eigenvalue weighted by Crippen LogP contribution is -2.63. The zero-order chi connectivity index (χ0) is 75.4. The predicted molar refractivity (Wildman–Crippen MR) is 324 cm³/mol. The van der Waals surface area contributed by atoms with E-state index in [-0.39, 0.29) is 58.9 Å². The van der Waals surface area contributed by atoms with Crippen molar-refractivity contribution in [2.75, 3.05) is 115 Å². The summed E-state index contributed by atoms with van der Waals surface area (Å²) in [5, 5.41) is 159. The van der Waals surface area contributed by atoms with Crippen molar-refractivity contribution < 1.29 is 134 Å². The summed E-state index contributed by atoms with van der Waals surface area (Å²) in [6, 6.07) is -0.662. The Labute approximate surface area is 581 Å². The molecule has 0 heterocycles. The van der Waals surface area contributed by atoms with Gasteiger partial charge in [-0.2, -0.15) is 0 Å². The summed E-state index contributed by atoms with van der Waals surface area (Å²) in [5.74, 6) is -21.8. The third kappa shape index (κ3) is 24.9. The zero-order valence-corrected chi connectivity index (χ0v) is 56.4. The van der Waals surface area contributed by atoms with E-state index in [1.54, 1.807) is 0 Å². The first kappa shape index (κ1) is 83.1. The first-order valence-electron chi connectivity index (χ1n) is 33.3. The summed E-state index contributed by atoms with van der Waals surface area (Å²) in [4.78, 5) is 177. The molecule has 36 nitrogen and oxygen atoms in total. The van der Waals surface area contributed by atoms with Gasteiger partial charge in [-0.15, -0.1) is 0 Å². The molecule has 101 heavy (non-hydrogen) atoms. The number of rotatable bonds is 46. The SMILES string of the molecule is CC(CCC(=O)[O-])[C@H]1CCC2C3C(CC(O)[C@@]21C)[C@@]1(C)CC[C@@H](NC(=O)c2cc(NC(=O)CC[C@@H](C(=O)[O-])N(CCN(CC(=O)[O-])CC(=O)[O-])CCN(CC(=O)[O-])CC(=O)[O-])cc(NC(=O)CC[C@@H](C(=O)[O-])N(CCN(CC(=O)[O-])CC(=O)[O-])CCN(CC(=O)[O-])CC(=O)O)c2)C[C@H]1C[C@H]3O. The number of carboxylic acids is 11. The van der Waals surface area contributed by atoms with Crippen molar-refractivity contribution >= 4 is 94.8 Å². The van der Waals surface area contributed by atoms with Crippen LogP contribution in [0.3, 0.4) is 0 Å². The number of carbonyl (C=O) groups excluding carboxylic acids is 13. The van der Waals surface area contributed by atoms with Gasteiger partial charge in [0.05, 0.1) is 72.5 Å². The van der Waals surface area contributed by atoms with Gasteiger partial charge in [0.25, 0.3) is 5.91 Å². The Morgan fingerprint density at radius 1 is 0.495 bits per heavy atom. The maximum Gasteiger partial charge on any atom is 0.317 e. The Balaban J connectivity index is 1.45. The van der Waals surface area contributed by atoms with Crippen LogP contribution in [0.25, 0.3) is 0 Å². The second-order valence-corrected chi connectivity index (χ2v) is 27.5. The molecular weight excluding hydrogens is 1340 g/mol. The van der Waals surface area contributed by atoms with Crippen LogP contribution in [0.15, 0.2) is 18.2 Å². The third-order valence-electron chi connectivity index (χ3n) is 20.8. The van der Waals surface area contributed by atoms with Gasteiger partial charge in [0, 0.05) is 152 Å². The normalized spacial score (nSPS) is 24.0. The fourth-order valence-electron chi connectivity index (χ4n) is 16.1. The highest BCUT2D eigenvalue weighted by molar-refractivity contribution is 6.01.